The van der Waals surface area contributed by atoms with Crippen LogP contribution in [-0.4, -0.2) is 56.1 Å². The lowest BCUT2D eigenvalue weighted by Gasteiger charge is -2.40. The van der Waals surface area contributed by atoms with Crippen LogP contribution in [0.5, 0.6) is 0 Å². The van der Waals surface area contributed by atoms with Gasteiger partial charge in [-0.15, -0.1) is 0 Å². The van der Waals surface area contributed by atoms with Gasteiger partial charge in [-0.2, -0.15) is 5.10 Å². The number of hydrogen-bond donors (Lipinski definition) is 3. The molecule has 8 nitrogen and oxygen atoms in total. The molecule has 0 aliphatic carbocycles. The number of rotatable bonds is 5. The van der Waals surface area contributed by atoms with Crippen LogP contribution in [-0.2, 0) is 4.79 Å². The molecule has 1 amide bonds. The summed E-state index contributed by atoms with van der Waals surface area (Å²) in [7, 11) is 0. The maximum Gasteiger partial charge on any atom is 0.242 e. The van der Waals surface area contributed by atoms with Crippen LogP contribution in [0.1, 0.15) is 19.8 Å². The van der Waals surface area contributed by atoms with Gasteiger partial charge in [-0.1, -0.05) is 23.2 Å². The van der Waals surface area contributed by atoms with Crippen molar-refractivity contribution < 1.29 is 4.79 Å². The minimum absolute atomic E-state index is 0.0120. The molecule has 3 N–H and O–H groups in total. The molecule has 0 saturated carbocycles. The summed E-state index contributed by atoms with van der Waals surface area (Å²) in [5, 5.41) is 15.3. The Kier molecular flexibility index (Phi) is 5.73. The molecule has 1 fully saturated rings. The first-order chi connectivity index (χ1) is 14.0. The molecular weight excluding hydrogens is 413 g/mol. The summed E-state index contributed by atoms with van der Waals surface area (Å²) in [6.45, 7) is 2.95. The number of hydrogen-bond acceptors (Lipinski definition) is 6. The number of fused-ring (bicyclic) bond motifs is 1. The second-order valence-corrected chi connectivity index (χ2v) is 7.96. The van der Waals surface area contributed by atoms with Gasteiger partial charge in [0.05, 0.1) is 18.1 Å². The Labute approximate surface area is 178 Å². The highest BCUT2D eigenvalue weighted by atomic mass is 35.5. The van der Waals surface area contributed by atoms with E-state index in [0.717, 1.165) is 36.3 Å². The van der Waals surface area contributed by atoms with Crippen LogP contribution in [0, 0.1) is 0 Å². The fourth-order valence-electron chi connectivity index (χ4n) is 3.68. The standard InChI is InChI=1S/C19H21Cl2N7O/c1-11-16(26-18-15-8-25-27-19(15)24-10-23-18)3-2-4-28(11)17(29)9-22-14-6-12(20)5-13(21)7-14/h5-8,10-11,16,22H,2-4,9H2,1H3,(H2,23,24,25,26,27)/t11-,16-/m0/s1. The molecule has 10 heteroatoms. The highest BCUT2D eigenvalue weighted by molar-refractivity contribution is 6.35. The van der Waals surface area contributed by atoms with Crippen molar-refractivity contribution in [1.29, 1.82) is 0 Å². The summed E-state index contributed by atoms with van der Waals surface area (Å²) in [5.74, 6) is 0.748. The van der Waals surface area contributed by atoms with E-state index >= 15 is 0 Å². The SMILES string of the molecule is C[C@H]1[C@@H](Nc2ncnc3[nH]ncc23)CCCN1C(=O)CNc1cc(Cl)cc(Cl)c1. The summed E-state index contributed by atoms with van der Waals surface area (Å²) >= 11 is 12.0. The van der Waals surface area contributed by atoms with E-state index in [0.29, 0.717) is 15.7 Å². The lowest BCUT2D eigenvalue weighted by atomic mass is 9.97. The number of likely N-dealkylation sites (tertiary alicyclic amines) is 1. The Morgan fingerprint density at radius 3 is 2.86 bits per heavy atom. The van der Waals surface area contributed by atoms with Gasteiger partial charge < -0.3 is 15.5 Å². The third kappa shape index (κ3) is 4.38. The fourth-order valence-corrected chi connectivity index (χ4v) is 4.20. The Balaban J connectivity index is 1.41. The molecule has 3 aromatic rings. The molecule has 4 rings (SSSR count). The molecule has 2 aromatic heterocycles. The van der Waals surface area contributed by atoms with E-state index in [1.54, 1.807) is 24.4 Å². The van der Waals surface area contributed by atoms with Gasteiger partial charge >= 0.3 is 0 Å². The minimum Gasteiger partial charge on any atom is -0.376 e. The quantitative estimate of drug-likeness (QED) is 0.568. The molecule has 152 valence electrons. The minimum atomic E-state index is 0.0120. The van der Waals surface area contributed by atoms with Crippen LogP contribution < -0.4 is 10.6 Å². The van der Waals surface area contributed by atoms with Crippen molar-refractivity contribution in [2.24, 2.45) is 0 Å². The fraction of sp³-hybridized carbons (Fsp3) is 0.368. The first-order valence-electron chi connectivity index (χ1n) is 9.41. The van der Waals surface area contributed by atoms with Crippen LogP contribution in [0.3, 0.4) is 0 Å². The number of nitrogens with one attached hydrogen (secondary N) is 3. The van der Waals surface area contributed by atoms with E-state index in [1.807, 2.05) is 4.90 Å². The summed E-state index contributed by atoms with van der Waals surface area (Å²) in [6.07, 6.45) is 5.06. The number of carbonyl (C=O) groups excluding carboxylic acids is 1. The third-order valence-corrected chi connectivity index (χ3v) is 5.62. The first kappa shape index (κ1) is 19.7. The highest BCUT2D eigenvalue weighted by Crippen LogP contribution is 2.25. The average Bonchev–Trinajstić information content (AvgIpc) is 3.17. The van der Waals surface area contributed by atoms with Crippen LogP contribution in [0.15, 0.2) is 30.7 Å². The molecule has 1 saturated heterocycles. The number of aromatic amines is 1. The molecule has 2 atom stereocenters. The largest absolute Gasteiger partial charge is 0.376 e. The zero-order valence-corrected chi connectivity index (χ0v) is 17.3. The van der Waals surface area contributed by atoms with E-state index in [2.05, 4.69) is 37.7 Å². The van der Waals surface area contributed by atoms with Gasteiger partial charge in [-0.3, -0.25) is 9.89 Å². The lowest BCUT2D eigenvalue weighted by molar-refractivity contribution is -0.132. The second kappa shape index (κ2) is 8.42. The number of halogens is 2. The van der Waals surface area contributed by atoms with Crippen LogP contribution in [0.4, 0.5) is 11.5 Å². The number of carbonyl (C=O) groups is 1. The normalized spacial score (nSPS) is 19.3. The number of amides is 1. The topological polar surface area (TPSA) is 98.8 Å². The Morgan fingerprint density at radius 2 is 2.07 bits per heavy atom. The van der Waals surface area contributed by atoms with Crippen molar-refractivity contribution in [1.82, 2.24) is 25.1 Å². The van der Waals surface area contributed by atoms with E-state index < -0.39 is 0 Å². The van der Waals surface area contributed by atoms with E-state index in [4.69, 9.17) is 23.2 Å². The van der Waals surface area contributed by atoms with E-state index in [1.165, 1.54) is 6.33 Å². The maximum absolute atomic E-state index is 12.8. The summed E-state index contributed by atoms with van der Waals surface area (Å²) in [4.78, 5) is 23.3. The van der Waals surface area contributed by atoms with Crippen LogP contribution in [0.25, 0.3) is 11.0 Å². The van der Waals surface area contributed by atoms with Crippen LogP contribution >= 0.6 is 23.2 Å². The van der Waals surface area contributed by atoms with Crippen molar-refractivity contribution in [3.05, 3.63) is 40.8 Å². The maximum atomic E-state index is 12.8. The van der Waals surface area contributed by atoms with E-state index in [9.17, 15) is 4.79 Å². The highest BCUT2D eigenvalue weighted by Gasteiger charge is 2.31. The van der Waals surface area contributed by atoms with Gasteiger partial charge in [-0.05, 0) is 38.0 Å². The van der Waals surface area contributed by atoms with Gasteiger partial charge in [0, 0.05) is 34.4 Å². The predicted octanol–water partition coefficient (Wildman–Crippen LogP) is 3.56. The molecule has 29 heavy (non-hydrogen) atoms. The number of benzene rings is 1. The molecule has 0 radical (unpaired) electrons. The van der Waals surface area contributed by atoms with E-state index in [-0.39, 0.29) is 24.5 Å². The summed E-state index contributed by atoms with van der Waals surface area (Å²) in [6, 6.07) is 5.24. The molecule has 1 aliphatic heterocycles. The Bertz CT molecular complexity index is 1000. The Morgan fingerprint density at radius 1 is 1.28 bits per heavy atom. The average molecular weight is 434 g/mol. The molecular formula is C19H21Cl2N7O. The monoisotopic (exact) mass is 433 g/mol. The van der Waals surface area contributed by atoms with Crippen LogP contribution in [0.2, 0.25) is 10.0 Å². The number of aromatic nitrogens is 4. The molecule has 0 bridgehead atoms. The Hall–Kier alpha value is -2.58. The predicted molar refractivity (Wildman–Crippen MR) is 114 cm³/mol. The lowest BCUT2D eigenvalue weighted by Crippen LogP contribution is -2.53. The molecule has 0 unspecified atom stereocenters. The number of H-pyrrole nitrogens is 1. The van der Waals surface area contributed by atoms with Crippen molar-refractivity contribution in [2.45, 2.75) is 31.8 Å². The first-order valence-corrected chi connectivity index (χ1v) is 10.2. The summed E-state index contributed by atoms with van der Waals surface area (Å²) in [5.41, 5.74) is 1.40. The molecule has 0 spiro atoms. The van der Waals surface area contributed by atoms with Crippen molar-refractivity contribution in [3.63, 3.8) is 0 Å². The zero-order valence-electron chi connectivity index (χ0n) is 15.8. The molecule has 3 heterocycles. The van der Waals surface area contributed by atoms with Gasteiger partial charge in [-0.25, -0.2) is 9.97 Å². The summed E-state index contributed by atoms with van der Waals surface area (Å²) < 4.78 is 0. The number of piperidine rings is 1. The third-order valence-electron chi connectivity index (χ3n) is 5.18. The van der Waals surface area contributed by atoms with Gasteiger partial charge in [0.25, 0.3) is 0 Å². The second-order valence-electron chi connectivity index (χ2n) is 7.09. The van der Waals surface area contributed by atoms with Gasteiger partial charge in [0.1, 0.15) is 12.1 Å². The number of nitrogens with zero attached hydrogens (tertiary/aromatic N) is 4. The van der Waals surface area contributed by atoms with Gasteiger partial charge in [0.2, 0.25) is 5.91 Å². The smallest absolute Gasteiger partial charge is 0.242 e. The van der Waals surface area contributed by atoms with Crippen molar-refractivity contribution in [2.75, 3.05) is 23.7 Å². The number of anilines is 2. The molecule has 1 aliphatic rings. The van der Waals surface area contributed by atoms with Gasteiger partial charge in [0.15, 0.2) is 5.65 Å². The van der Waals surface area contributed by atoms with Crippen molar-refractivity contribution >= 4 is 51.6 Å². The van der Waals surface area contributed by atoms with Crippen molar-refractivity contribution in [3.8, 4) is 0 Å². The zero-order chi connectivity index (χ0) is 20.4. The molecule has 1 aromatic carbocycles.